The van der Waals surface area contributed by atoms with E-state index in [0.29, 0.717) is 19.4 Å². The summed E-state index contributed by atoms with van der Waals surface area (Å²) >= 11 is 0. The number of hydrogen-bond acceptors (Lipinski definition) is 3. The summed E-state index contributed by atoms with van der Waals surface area (Å²) in [5, 5.41) is 9.26. The third-order valence-corrected chi connectivity index (χ3v) is 3.70. The van der Waals surface area contributed by atoms with Gasteiger partial charge in [-0.05, 0) is 19.3 Å². The van der Waals surface area contributed by atoms with Gasteiger partial charge in [-0.3, -0.25) is 14.4 Å². The van der Waals surface area contributed by atoms with Gasteiger partial charge in [-0.2, -0.15) is 0 Å². The van der Waals surface area contributed by atoms with Crippen LogP contribution in [-0.4, -0.2) is 59.9 Å². The molecule has 0 saturated carbocycles. The van der Waals surface area contributed by atoms with E-state index in [1.54, 1.807) is 20.2 Å². The Morgan fingerprint density at radius 1 is 1.14 bits per heavy atom. The van der Waals surface area contributed by atoms with E-state index in [1.807, 2.05) is 13.0 Å². The van der Waals surface area contributed by atoms with Gasteiger partial charge < -0.3 is 14.9 Å². The zero-order valence-corrected chi connectivity index (χ0v) is 12.9. The van der Waals surface area contributed by atoms with Crippen LogP contribution in [0.2, 0.25) is 0 Å². The third-order valence-electron chi connectivity index (χ3n) is 3.70. The van der Waals surface area contributed by atoms with E-state index in [4.69, 9.17) is 0 Å². The molecule has 0 saturated heterocycles. The minimum absolute atomic E-state index is 0.00618. The average molecular weight is 296 g/mol. The fraction of sp³-hybridized carbons (Fsp3) is 0.667. The van der Waals surface area contributed by atoms with E-state index in [-0.39, 0.29) is 18.4 Å². The van der Waals surface area contributed by atoms with Crippen LogP contribution in [0.1, 0.15) is 26.2 Å². The predicted octanol–water partition coefficient (Wildman–Crippen LogP) is 0.980. The van der Waals surface area contributed by atoms with Crippen LogP contribution in [0.4, 0.5) is 0 Å². The van der Waals surface area contributed by atoms with Crippen molar-refractivity contribution < 1.29 is 19.5 Å². The van der Waals surface area contributed by atoms with Crippen LogP contribution in [0.3, 0.4) is 0 Å². The van der Waals surface area contributed by atoms with Crippen molar-refractivity contribution in [2.75, 3.05) is 27.2 Å². The number of aliphatic carboxylic acids is 1. The maximum Gasteiger partial charge on any atom is 0.307 e. The van der Waals surface area contributed by atoms with E-state index in [9.17, 15) is 19.5 Å². The Hall–Kier alpha value is -1.85. The Labute approximate surface area is 125 Å². The van der Waals surface area contributed by atoms with Gasteiger partial charge in [0.1, 0.15) is 0 Å². The smallest absolute Gasteiger partial charge is 0.307 e. The van der Waals surface area contributed by atoms with Crippen molar-refractivity contribution in [1.82, 2.24) is 9.80 Å². The molecule has 0 heterocycles. The van der Waals surface area contributed by atoms with Crippen molar-refractivity contribution in [2.24, 2.45) is 11.8 Å². The summed E-state index contributed by atoms with van der Waals surface area (Å²) in [5.74, 6) is -2.61. The summed E-state index contributed by atoms with van der Waals surface area (Å²) in [4.78, 5) is 38.7. The Kier molecular flexibility index (Phi) is 6.39. The van der Waals surface area contributed by atoms with Crippen LogP contribution in [0.25, 0.3) is 0 Å². The molecule has 0 radical (unpaired) electrons. The molecule has 21 heavy (non-hydrogen) atoms. The lowest BCUT2D eigenvalue weighted by molar-refractivity contribution is -0.151. The molecule has 118 valence electrons. The maximum atomic E-state index is 12.6. The summed E-state index contributed by atoms with van der Waals surface area (Å²) in [7, 11) is 3.28. The lowest BCUT2D eigenvalue weighted by Crippen LogP contribution is -2.46. The fourth-order valence-corrected chi connectivity index (χ4v) is 2.44. The molecule has 0 aromatic carbocycles. The molecule has 1 aliphatic rings. The van der Waals surface area contributed by atoms with Gasteiger partial charge in [-0.1, -0.05) is 19.1 Å². The molecule has 2 amide bonds. The molecule has 1 rings (SSSR count). The number of hydrogen-bond donors (Lipinski definition) is 1. The molecule has 0 aliphatic heterocycles. The number of rotatable bonds is 6. The molecule has 0 unspecified atom stereocenters. The topological polar surface area (TPSA) is 77.9 Å². The number of likely N-dealkylation sites (N-methyl/N-ethyl adjacent to an activating group) is 1. The molecule has 6 nitrogen and oxygen atoms in total. The molecule has 0 fully saturated rings. The summed E-state index contributed by atoms with van der Waals surface area (Å²) in [5.41, 5.74) is 0. The van der Waals surface area contributed by atoms with E-state index in [1.165, 1.54) is 9.80 Å². The molecule has 0 aromatic rings. The second kappa shape index (κ2) is 7.81. The predicted molar refractivity (Wildman–Crippen MR) is 78.6 cm³/mol. The number of carboxylic acid groups (broad SMARTS) is 1. The van der Waals surface area contributed by atoms with Gasteiger partial charge >= 0.3 is 5.97 Å². The number of carbonyl (C=O) groups is 3. The van der Waals surface area contributed by atoms with Crippen molar-refractivity contribution in [1.29, 1.82) is 0 Å². The Morgan fingerprint density at radius 3 is 2.19 bits per heavy atom. The lowest BCUT2D eigenvalue weighted by Gasteiger charge is -2.31. The Bertz CT molecular complexity index is 431. The number of carbonyl (C=O) groups excluding carboxylic acids is 2. The van der Waals surface area contributed by atoms with Crippen LogP contribution in [0, 0.1) is 11.8 Å². The molecule has 2 atom stereocenters. The SMILES string of the molecule is CCCN(CC(=O)N(C)C)C(=O)[C@@H]1CC=CC[C@@H]1C(=O)O. The number of allylic oxidation sites excluding steroid dienone is 2. The second-order valence-corrected chi connectivity index (χ2v) is 5.54. The summed E-state index contributed by atoms with van der Waals surface area (Å²) in [6, 6.07) is 0. The van der Waals surface area contributed by atoms with E-state index >= 15 is 0 Å². The van der Waals surface area contributed by atoms with Gasteiger partial charge in [0.2, 0.25) is 11.8 Å². The first kappa shape index (κ1) is 17.2. The molecular weight excluding hydrogens is 272 g/mol. The second-order valence-electron chi connectivity index (χ2n) is 5.54. The van der Waals surface area contributed by atoms with Gasteiger partial charge in [0.05, 0.1) is 18.4 Å². The van der Waals surface area contributed by atoms with E-state index in [2.05, 4.69) is 0 Å². The first-order valence-corrected chi connectivity index (χ1v) is 7.25. The Morgan fingerprint density at radius 2 is 1.71 bits per heavy atom. The van der Waals surface area contributed by atoms with Gasteiger partial charge in [0.25, 0.3) is 0 Å². The van der Waals surface area contributed by atoms with Crippen molar-refractivity contribution in [3.63, 3.8) is 0 Å². The molecule has 0 bridgehead atoms. The van der Waals surface area contributed by atoms with Crippen LogP contribution in [0.5, 0.6) is 0 Å². The number of nitrogens with zero attached hydrogens (tertiary/aromatic N) is 2. The number of carboxylic acids is 1. The van der Waals surface area contributed by atoms with Crippen molar-refractivity contribution in [3.8, 4) is 0 Å². The molecule has 1 N–H and O–H groups in total. The third kappa shape index (κ3) is 4.58. The monoisotopic (exact) mass is 296 g/mol. The highest BCUT2D eigenvalue weighted by molar-refractivity contribution is 5.89. The number of amides is 2. The maximum absolute atomic E-state index is 12.6. The summed E-state index contributed by atoms with van der Waals surface area (Å²) in [6.07, 6.45) is 5.17. The molecule has 6 heteroatoms. The first-order chi connectivity index (χ1) is 9.88. The standard InChI is InChI=1S/C15H24N2O4/c1-4-9-17(10-13(18)16(2)3)14(19)11-7-5-6-8-12(11)15(20)21/h5-6,11-12H,4,7-10H2,1-3H3,(H,20,21)/t11-,12+/m1/s1. The van der Waals surface area contributed by atoms with Gasteiger partial charge in [0.15, 0.2) is 0 Å². The normalized spacial score (nSPS) is 20.9. The minimum atomic E-state index is -0.951. The molecule has 0 aromatic heterocycles. The zero-order chi connectivity index (χ0) is 16.0. The Balaban J connectivity index is 2.86. The minimum Gasteiger partial charge on any atom is -0.481 e. The van der Waals surface area contributed by atoms with Gasteiger partial charge in [0, 0.05) is 20.6 Å². The first-order valence-electron chi connectivity index (χ1n) is 7.25. The summed E-state index contributed by atoms with van der Waals surface area (Å²) < 4.78 is 0. The van der Waals surface area contributed by atoms with Crippen LogP contribution < -0.4 is 0 Å². The highest BCUT2D eigenvalue weighted by Crippen LogP contribution is 2.27. The lowest BCUT2D eigenvalue weighted by atomic mass is 9.82. The van der Waals surface area contributed by atoms with Crippen molar-refractivity contribution in [2.45, 2.75) is 26.2 Å². The highest BCUT2D eigenvalue weighted by Gasteiger charge is 2.36. The molecular formula is C15H24N2O4. The zero-order valence-electron chi connectivity index (χ0n) is 12.9. The molecule has 1 aliphatic carbocycles. The highest BCUT2D eigenvalue weighted by atomic mass is 16.4. The summed E-state index contributed by atoms with van der Waals surface area (Å²) in [6.45, 7) is 2.40. The van der Waals surface area contributed by atoms with Crippen LogP contribution in [0.15, 0.2) is 12.2 Å². The average Bonchev–Trinajstić information content (AvgIpc) is 2.45. The van der Waals surface area contributed by atoms with E-state index in [0.717, 1.165) is 6.42 Å². The van der Waals surface area contributed by atoms with Crippen molar-refractivity contribution >= 4 is 17.8 Å². The molecule has 0 spiro atoms. The fourth-order valence-electron chi connectivity index (χ4n) is 2.44. The van der Waals surface area contributed by atoms with E-state index < -0.39 is 17.8 Å². The quantitative estimate of drug-likeness (QED) is 0.741. The van der Waals surface area contributed by atoms with Crippen LogP contribution >= 0.6 is 0 Å². The largest absolute Gasteiger partial charge is 0.481 e. The van der Waals surface area contributed by atoms with Gasteiger partial charge in [-0.15, -0.1) is 0 Å². The van der Waals surface area contributed by atoms with Crippen molar-refractivity contribution in [3.05, 3.63) is 12.2 Å². The van der Waals surface area contributed by atoms with Crippen LogP contribution in [-0.2, 0) is 14.4 Å². The van der Waals surface area contributed by atoms with Gasteiger partial charge in [-0.25, -0.2) is 0 Å².